The van der Waals surface area contributed by atoms with Crippen molar-refractivity contribution in [2.75, 3.05) is 0 Å². The second kappa shape index (κ2) is 38.1. The second-order valence-corrected chi connectivity index (χ2v) is 22.7. The summed E-state index contributed by atoms with van der Waals surface area (Å²) in [6.07, 6.45) is 44.5. The summed E-state index contributed by atoms with van der Waals surface area (Å²) in [5.41, 5.74) is 4.74. The molecule has 0 saturated carbocycles. The minimum absolute atomic E-state index is 0. The van der Waals surface area contributed by atoms with Crippen molar-refractivity contribution in [3.05, 3.63) is 82.9 Å². The molecule has 384 valence electrons. The number of fused-ring (bicyclic) bond motifs is 2. The zero-order chi connectivity index (χ0) is 49.3. The molecule has 0 aliphatic rings. The Kier molecular flexibility index (Phi) is 35.1. The van der Waals surface area contributed by atoms with Crippen molar-refractivity contribution in [1.82, 2.24) is 0 Å². The van der Waals surface area contributed by atoms with E-state index in [-0.39, 0.29) is 47.5 Å². The van der Waals surface area contributed by atoms with Gasteiger partial charge in [-0.2, -0.15) is 0 Å². The van der Waals surface area contributed by atoms with E-state index >= 15 is 0 Å². The first-order valence-corrected chi connectivity index (χ1v) is 30.8. The van der Waals surface area contributed by atoms with Crippen molar-refractivity contribution in [3.8, 4) is 0 Å². The zero-order valence-corrected chi connectivity index (χ0v) is 48.0. The molecule has 0 aliphatic heterocycles. The Morgan fingerprint density at radius 1 is 0.319 bits per heavy atom. The monoisotopic (exact) mass is 1010 g/mol. The largest absolute Gasteiger partial charge is 2.00 e. The maximum Gasteiger partial charge on any atom is 2.00 e. The van der Waals surface area contributed by atoms with Gasteiger partial charge in [-0.25, -0.2) is 16.8 Å². The van der Waals surface area contributed by atoms with Crippen molar-refractivity contribution < 1.29 is 25.9 Å². The summed E-state index contributed by atoms with van der Waals surface area (Å²) in [6, 6.07) is 18.8. The number of rotatable bonds is 38. The molecule has 4 aromatic rings. The van der Waals surface area contributed by atoms with Gasteiger partial charge >= 0.3 is 37.7 Å². The minimum Gasteiger partial charge on any atom is -0.744 e. The fourth-order valence-electron chi connectivity index (χ4n) is 9.97. The van der Waals surface area contributed by atoms with Crippen LogP contribution < -0.4 is 0 Å². The van der Waals surface area contributed by atoms with Gasteiger partial charge in [0.25, 0.3) is 0 Å². The molecular formula is C60H94CaO6S2. The smallest absolute Gasteiger partial charge is 0.744 e. The normalized spacial score (nSPS) is 11.8. The fraction of sp³-hybridized carbons (Fsp3) is 0.667. The van der Waals surface area contributed by atoms with Crippen LogP contribution in [0.15, 0.2) is 70.5 Å². The van der Waals surface area contributed by atoms with Gasteiger partial charge in [-0.3, -0.25) is 0 Å². The van der Waals surface area contributed by atoms with Crippen molar-refractivity contribution >= 4 is 79.5 Å². The molecule has 0 bridgehead atoms. The molecule has 9 heteroatoms. The molecule has 0 unspecified atom stereocenters. The van der Waals surface area contributed by atoms with E-state index in [0.717, 1.165) is 62.1 Å². The molecule has 4 rings (SSSR count). The molecule has 0 heterocycles. The average Bonchev–Trinajstić information content (AvgIpc) is 3.31. The van der Waals surface area contributed by atoms with E-state index in [1.807, 2.05) is 24.3 Å². The van der Waals surface area contributed by atoms with Crippen LogP contribution in [0.5, 0.6) is 0 Å². The van der Waals surface area contributed by atoms with E-state index in [1.54, 1.807) is 12.1 Å². The molecule has 0 fully saturated rings. The molecule has 0 N–H and O–H groups in total. The van der Waals surface area contributed by atoms with Gasteiger partial charge in [0.1, 0.15) is 20.2 Å². The topological polar surface area (TPSA) is 114 Å². The Hall–Kier alpha value is -1.52. The van der Waals surface area contributed by atoms with Gasteiger partial charge < -0.3 is 9.11 Å². The predicted molar refractivity (Wildman–Crippen MR) is 295 cm³/mol. The van der Waals surface area contributed by atoms with Gasteiger partial charge in [-0.05, 0) is 119 Å². The SMILES string of the molecule is CCCCCCCCCCc1cc(CCCCCCCCCC)c2cccc(S(=O)(=O)[O-])c2c1.CCCCCCCCCCc1cc(CCCCCCCCCC)c2cccc(S(=O)(=O)[O-])c2c1.[Ca+2]. The van der Waals surface area contributed by atoms with Crippen LogP contribution in [0.3, 0.4) is 0 Å². The molecule has 0 radical (unpaired) electrons. The minimum atomic E-state index is -4.49. The van der Waals surface area contributed by atoms with Gasteiger partial charge in [-0.1, -0.05) is 244 Å². The van der Waals surface area contributed by atoms with E-state index in [0.29, 0.717) is 10.8 Å². The molecule has 4 aromatic carbocycles. The molecule has 0 saturated heterocycles. The third-order valence-electron chi connectivity index (χ3n) is 14.0. The van der Waals surface area contributed by atoms with Crippen LogP contribution >= 0.6 is 0 Å². The number of unbranched alkanes of at least 4 members (excludes halogenated alkanes) is 28. The number of aryl methyl sites for hydroxylation is 4. The quantitative estimate of drug-likeness (QED) is 0.0251. The van der Waals surface area contributed by atoms with Crippen LogP contribution in [0.25, 0.3) is 21.5 Å². The van der Waals surface area contributed by atoms with Crippen molar-refractivity contribution in [3.63, 3.8) is 0 Å². The molecular weight excluding hydrogens is 921 g/mol. The summed E-state index contributed by atoms with van der Waals surface area (Å²) in [6.45, 7) is 8.99. The molecule has 0 atom stereocenters. The van der Waals surface area contributed by atoms with Crippen LogP contribution in [-0.4, -0.2) is 63.7 Å². The summed E-state index contributed by atoms with van der Waals surface area (Å²) < 4.78 is 71.6. The maximum absolute atomic E-state index is 11.9. The molecule has 0 aromatic heterocycles. The first-order chi connectivity index (χ1) is 32.9. The molecule has 0 amide bonds. The summed E-state index contributed by atoms with van der Waals surface area (Å²) in [4.78, 5) is -0.139. The first kappa shape index (κ1) is 63.6. The fourth-order valence-corrected chi connectivity index (χ4v) is 11.3. The van der Waals surface area contributed by atoms with Gasteiger partial charge in [0.15, 0.2) is 0 Å². The third kappa shape index (κ3) is 26.3. The Morgan fingerprint density at radius 2 is 0.565 bits per heavy atom. The molecule has 69 heavy (non-hydrogen) atoms. The van der Waals surface area contributed by atoms with Crippen LogP contribution in [0, 0.1) is 0 Å². The van der Waals surface area contributed by atoms with Gasteiger partial charge in [0.2, 0.25) is 0 Å². The van der Waals surface area contributed by atoms with Crippen LogP contribution in [0.1, 0.15) is 255 Å². The first-order valence-electron chi connectivity index (χ1n) is 27.9. The van der Waals surface area contributed by atoms with Crippen molar-refractivity contribution in [2.45, 2.75) is 269 Å². The molecule has 0 aliphatic carbocycles. The Bertz CT molecular complexity index is 2030. The Morgan fingerprint density at radius 3 is 0.826 bits per heavy atom. The van der Waals surface area contributed by atoms with Crippen LogP contribution in [-0.2, 0) is 45.9 Å². The van der Waals surface area contributed by atoms with E-state index in [9.17, 15) is 25.9 Å². The van der Waals surface area contributed by atoms with Gasteiger partial charge in [-0.15, -0.1) is 0 Å². The Balaban J connectivity index is 0.000000467. The van der Waals surface area contributed by atoms with Gasteiger partial charge in [0.05, 0.1) is 9.79 Å². The van der Waals surface area contributed by atoms with Crippen LogP contribution in [0.2, 0.25) is 0 Å². The third-order valence-corrected chi connectivity index (χ3v) is 15.8. The standard InChI is InChI=1S/2C30H48O3S.Ca/c2*1-3-5-7-9-11-13-15-17-20-26-24-27(21-18-16-14-12-10-8-6-4-2)28-22-19-23-30(29(28)25-26)34(31,32)33;/h2*19,22-25H,3-18,20-21H2,1-2H3,(H,31,32,33);/q;;+2/p-2. The maximum atomic E-state index is 11.9. The average molecular weight is 1020 g/mol. The van der Waals surface area contributed by atoms with Gasteiger partial charge in [0, 0.05) is 0 Å². The van der Waals surface area contributed by atoms with Crippen molar-refractivity contribution in [2.24, 2.45) is 0 Å². The number of hydrogen-bond acceptors (Lipinski definition) is 6. The van der Waals surface area contributed by atoms with E-state index in [2.05, 4.69) is 39.8 Å². The Labute approximate surface area is 453 Å². The molecule has 6 nitrogen and oxygen atoms in total. The number of benzene rings is 4. The summed E-state index contributed by atoms with van der Waals surface area (Å²) in [5, 5.41) is 3.09. The summed E-state index contributed by atoms with van der Waals surface area (Å²) in [7, 11) is -8.99. The van der Waals surface area contributed by atoms with E-state index in [4.69, 9.17) is 0 Å². The van der Waals surface area contributed by atoms with Crippen LogP contribution in [0.4, 0.5) is 0 Å². The van der Waals surface area contributed by atoms with E-state index in [1.165, 1.54) is 214 Å². The predicted octanol–water partition coefficient (Wildman–Crippen LogP) is 17.8. The second-order valence-electron chi connectivity index (χ2n) is 20.0. The van der Waals surface area contributed by atoms with E-state index < -0.39 is 20.2 Å². The number of hydrogen-bond donors (Lipinski definition) is 0. The molecule has 0 spiro atoms. The van der Waals surface area contributed by atoms with Crippen molar-refractivity contribution in [1.29, 1.82) is 0 Å². The summed E-state index contributed by atoms with van der Waals surface area (Å²) in [5.74, 6) is 0. The summed E-state index contributed by atoms with van der Waals surface area (Å²) >= 11 is 0. The zero-order valence-electron chi connectivity index (χ0n) is 44.2.